The molecule has 0 aliphatic heterocycles. The second-order valence-electron chi connectivity index (χ2n) is 6.93. The molecule has 158 valence electrons. The molecule has 0 aliphatic carbocycles. The first-order chi connectivity index (χ1) is 14.9. The Morgan fingerprint density at radius 2 is 1.84 bits per heavy atom. The Kier molecular flexibility index (Phi) is 5.56. The third-order valence-electron chi connectivity index (χ3n) is 5.06. The summed E-state index contributed by atoms with van der Waals surface area (Å²) in [5.41, 5.74) is 1.76. The first-order valence-corrected chi connectivity index (χ1v) is 10.3. The average molecular weight is 438 g/mol. The second kappa shape index (κ2) is 8.31. The van der Waals surface area contributed by atoms with Crippen LogP contribution in [0.4, 0.5) is 4.39 Å². The van der Waals surface area contributed by atoms with Crippen LogP contribution < -0.4 is 25.1 Å². The highest BCUT2D eigenvalue weighted by atomic mass is 32.1. The molecule has 0 amide bonds. The van der Waals surface area contributed by atoms with Crippen LogP contribution >= 0.6 is 11.3 Å². The van der Waals surface area contributed by atoms with Crippen molar-refractivity contribution >= 4 is 22.4 Å². The minimum absolute atomic E-state index is 0.261. The average Bonchev–Trinajstić information content (AvgIpc) is 3.07. The Morgan fingerprint density at radius 1 is 1.10 bits per heavy atom. The number of thiazole rings is 1. The van der Waals surface area contributed by atoms with Crippen molar-refractivity contribution in [1.29, 1.82) is 0 Å². The molecular weight excluding hydrogens is 419 g/mol. The van der Waals surface area contributed by atoms with Crippen LogP contribution in [0.15, 0.2) is 52.1 Å². The number of ether oxygens (including phenoxy) is 2. The zero-order chi connectivity index (χ0) is 22.1. The fraction of sp³-hybridized carbons (Fsp3) is 0.174. The van der Waals surface area contributed by atoms with Crippen LogP contribution in [-0.2, 0) is 6.42 Å². The summed E-state index contributed by atoms with van der Waals surface area (Å²) in [6.07, 6.45) is 1.98. The highest BCUT2D eigenvalue weighted by molar-refractivity contribution is 7.15. The number of methoxy groups -OCH3 is 2. The molecule has 2 aromatic heterocycles. The van der Waals surface area contributed by atoms with Gasteiger partial charge in [-0.2, -0.15) is 4.98 Å². The fourth-order valence-electron chi connectivity index (χ4n) is 3.38. The lowest BCUT2D eigenvalue weighted by molar-refractivity contribution is 0.393. The summed E-state index contributed by atoms with van der Waals surface area (Å²) in [6.45, 7) is 1.72. The number of hydrogen-bond donors (Lipinski definition) is 0. The predicted molar refractivity (Wildman–Crippen MR) is 118 cm³/mol. The summed E-state index contributed by atoms with van der Waals surface area (Å²) in [7, 11) is 3.11. The molecule has 2 heterocycles. The molecule has 4 rings (SSSR count). The smallest absolute Gasteiger partial charge is 0.277 e. The Hall–Kier alpha value is -3.52. The first kappa shape index (κ1) is 20.7. The lowest BCUT2D eigenvalue weighted by Crippen LogP contribution is -2.27. The Bertz CT molecular complexity index is 1440. The van der Waals surface area contributed by atoms with E-state index in [1.807, 2.05) is 0 Å². The van der Waals surface area contributed by atoms with Crippen molar-refractivity contribution in [3.8, 4) is 11.5 Å². The molecule has 0 aliphatic rings. The molecule has 0 fully saturated rings. The maximum absolute atomic E-state index is 13.2. The summed E-state index contributed by atoms with van der Waals surface area (Å²) in [4.78, 5) is 30.2. The van der Waals surface area contributed by atoms with E-state index in [0.717, 1.165) is 16.9 Å². The third kappa shape index (κ3) is 3.94. The van der Waals surface area contributed by atoms with Crippen LogP contribution in [0, 0.1) is 12.7 Å². The number of nitrogens with zero attached hydrogens (tertiary/aromatic N) is 2. The van der Waals surface area contributed by atoms with Gasteiger partial charge in [0.15, 0.2) is 0 Å². The van der Waals surface area contributed by atoms with Gasteiger partial charge in [0.1, 0.15) is 17.3 Å². The van der Waals surface area contributed by atoms with Gasteiger partial charge in [-0.3, -0.25) is 14.0 Å². The van der Waals surface area contributed by atoms with E-state index in [2.05, 4.69) is 4.98 Å². The molecule has 8 heteroatoms. The van der Waals surface area contributed by atoms with Crippen LogP contribution in [-0.4, -0.2) is 23.6 Å². The number of halogens is 1. The Morgan fingerprint density at radius 3 is 2.52 bits per heavy atom. The van der Waals surface area contributed by atoms with Gasteiger partial charge in [0.05, 0.1) is 18.8 Å². The summed E-state index contributed by atoms with van der Waals surface area (Å²) >= 11 is 1.14. The molecule has 4 aromatic rings. The van der Waals surface area contributed by atoms with Crippen LogP contribution in [0.1, 0.15) is 22.4 Å². The minimum Gasteiger partial charge on any atom is -0.497 e. The number of hydrogen-bond acceptors (Lipinski definition) is 6. The number of aryl methyl sites for hydroxylation is 1. The second-order valence-corrected chi connectivity index (χ2v) is 7.93. The molecule has 0 radical (unpaired) electrons. The first-order valence-electron chi connectivity index (χ1n) is 9.44. The van der Waals surface area contributed by atoms with Crippen molar-refractivity contribution in [3.05, 3.63) is 95.9 Å². The van der Waals surface area contributed by atoms with Gasteiger partial charge in [-0.05, 0) is 42.8 Å². The van der Waals surface area contributed by atoms with Crippen molar-refractivity contribution in [2.24, 2.45) is 0 Å². The summed E-state index contributed by atoms with van der Waals surface area (Å²) in [5.74, 6) is 0.855. The van der Waals surface area contributed by atoms with Gasteiger partial charge in [0.2, 0.25) is 4.96 Å². The SMILES string of the molecule is COc1ccc(/C=c2/sc3nc(=O)c(Cc4ccc(F)cc4)c(C)n3c2=O)c(OC)c1. The zero-order valence-electron chi connectivity index (χ0n) is 17.1. The van der Waals surface area contributed by atoms with E-state index in [4.69, 9.17) is 9.47 Å². The predicted octanol–water partition coefficient (Wildman–Crippen LogP) is 2.72. The van der Waals surface area contributed by atoms with Crippen LogP contribution in [0.5, 0.6) is 11.5 Å². The quantitative estimate of drug-likeness (QED) is 0.479. The van der Waals surface area contributed by atoms with E-state index in [1.165, 1.54) is 16.5 Å². The van der Waals surface area contributed by atoms with E-state index >= 15 is 0 Å². The standard InChI is InChI=1S/C23H19FN2O4S/c1-13-18(10-14-4-7-16(24)8-5-14)21(27)25-23-26(13)22(28)20(31-23)11-15-6-9-17(29-2)12-19(15)30-3/h4-9,11-12H,10H2,1-3H3/b20-11+. The summed E-state index contributed by atoms with van der Waals surface area (Å²) in [6, 6.07) is 11.2. The zero-order valence-corrected chi connectivity index (χ0v) is 18.0. The molecule has 6 nitrogen and oxygen atoms in total. The summed E-state index contributed by atoms with van der Waals surface area (Å²) in [5, 5.41) is 0. The molecule has 0 saturated heterocycles. The van der Waals surface area contributed by atoms with Gasteiger partial charge in [-0.25, -0.2) is 4.39 Å². The largest absolute Gasteiger partial charge is 0.497 e. The topological polar surface area (TPSA) is 69.9 Å². The van der Waals surface area contributed by atoms with Gasteiger partial charge in [0, 0.05) is 29.3 Å². The van der Waals surface area contributed by atoms with Crippen LogP contribution in [0.3, 0.4) is 0 Å². The van der Waals surface area contributed by atoms with Gasteiger partial charge in [-0.15, -0.1) is 0 Å². The van der Waals surface area contributed by atoms with E-state index < -0.39 is 5.56 Å². The van der Waals surface area contributed by atoms with Crippen molar-refractivity contribution in [2.45, 2.75) is 13.3 Å². The molecule has 0 spiro atoms. The van der Waals surface area contributed by atoms with Gasteiger partial charge in [0.25, 0.3) is 11.1 Å². The molecule has 31 heavy (non-hydrogen) atoms. The van der Waals surface area contributed by atoms with Gasteiger partial charge < -0.3 is 9.47 Å². The van der Waals surface area contributed by atoms with E-state index in [1.54, 1.807) is 57.6 Å². The van der Waals surface area contributed by atoms with E-state index in [-0.39, 0.29) is 17.8 Å². The maximum atomic E-state index is 13.2. The molecule has 0 unspecified atom stereocenters. The lowest BCUT2D eigenvalue weighted by Gasteiger charge is -2.06. The third-order valence-corrected chi connectivity index (χ3v) is 6.02. The van der Waals surface area contributed by atoms with Gasteiger partial charge in [-0.1, -0.05) is 23.5 Å². The lowest BCUT2D eigenvalue weighted by atomic mass is 10.1. The normalized spacial score (nSPS) is 11.8. The number of rotatable bonds is 5. The van der Waals surface area contributed by atoms with E-state index in [0.29, 0.717) is 37.8 Å². The molecule has 0 bridgehead atoms. The highest BCUT2D eigenvalue weighted by Crippen LogP contribution is 2.25. The molecule has 0 atom stereocenters. The number of fused-ring (bicyclic) bond motifs is 1. The number of benzene rings is 2. The Balaban J connectivity index is 1.85. The van der Waals surface area contributed by atoms with Crippen LogP contribution in [0.2, 0.25) is 0 Å². The van der Waals surface area contributed by atoms with Crippen molar-refractivity contribution < 1.29 is 13.9 Å². The minimum atomic E-state index is -0.392. The van der Waals surface area contributed by atoms with Crippen molar-refractivity contribution in [3.63, 3.8) is 0 Å². The van der Waals surface area contributed by atoms with Crippen molar-refractivity contribution in [2.75, 3.05) is 14.2 Å². The molecular formula is C23H19FN2O4S. The van der Waals surface area contributed by atoms with Gasteiger partial charge >= 0.3 is 0 Å². The molecule has 0 saturated carbocycles. The Labute approximate surface area is 180 Å². The molecule has 2 aromatic carbocycles. The highest BCUT2D eigenvalue weighted by Gasteiger charge is 2.15. The maximum Gasteiger partial charge on any atom is 0.277 e. The van der Waals surface area contributed by atoms with E-state index in [9.17, 15) is 14.0 Å². The number of aromatic nitrogens is 2. The summed E-state index contributed by atoms with van der Waals surface area (Å²) < 4.78 is 25.7. The molecule has 0 N–H and O–H groups in total. The van der Waals surface area contributed by atoms with Crippen LogP contribution in [0.25, 0.3) is 11.0 Å². The fourth-order valence-corrected chi connectivity index (χ4v) is 4.38. The van der Waals surface area contributed by atoms with Crippen molar-refractivity contribution in [1.82, 2.24) is 9.38 Å². The monoisotopic (exact) mass is 438 g/mol.